The maximum absolute atomic E-state index is 14.9. The average molecular weight is 490 g/mol. The van der Waals surface area contributed by atoms with Crippen molar-refractivity contribution in [2.45, 2.75) is 32.2 Å². The quantitative estimate of drug-likeness (QED) is 0.400. The molecule has 1 aliphatic rings. The van der Waals surface area contributed by atoms with Crippen LogP contribution in [0.25, 0.3) is 33.3 Å². The first-order valence-electron chi connectivity index (χ1n) is 12.0. The molecule has 0 amide bonds. The van der Waals surface area contributed by atoms with Crippen LogP contribution in [0.5, 0.6) is 0 Å². The number of hydrogen-bond donors (Lipinski definition) is 1. The van der Waals surface area contributed by atoms with E-state index in [2.05, 4.69) is 27.0 Å². The van der Waals surface area contributed by atoms with Gasteiger partial charge in [0.2, 0.25) is 0 Å². The highest BCUT2D eigenvalue weighted by Gasteiger charge is 2.21. The highest BCUT2D eigenvalue weighted by molar-refractivity contribution is 5.89. The summed E-state index contributed by atoms with van der Waals surface area (Å²) in [4.78, 5) is 15.2. The molecule has 4 aromatic rings. The van der Waals surface area contributed by atoms with Gasteiger partial charge in [-0.1, -0.05) is 12.1 Å². The first-order chi connectivity index (χ1) is 17.3. The number of nitrogens with zero attached hydrogens (tertiary/aromatic N) is 4. The Kier molecular flexibility index (Phi) is 6.64. The predicted octanol–water partition coefficient (Wildman–Crippen LogP) is 5.48. The Labute approximate surface area is 209 Å². The normalized spacial score (nSPS) is 14.6. The molecule has 5 rings (SSSR count). The van der Waals surface area contributed by atoms with Gasteiger partial charge in [0, 0.05) is 47.9 Å². The van der Waals surface area contributed by atoms with Gasteiger partial charge >= 0.3 is 0 Å². The molecule has 0 radical (unpaired) electrons. The zero-order valence-corrected chi connectivity index (χ0v) is 20.7. The summed E-state index contributed by atoms with van der Waals surface area (Å²) >= 11 is 0. The monoisotopic (exact) mass is 489 g/mol. The number of fused-ring (bicyclic) bond motifs is 1. The van der Waals surface area contributed by atoms with Gasteiger partial charge in [0.25, 0.3) is 0 Å². The van der Waals surface area contributed by atoms with E-state index in [9.17, 15) is 8.78 Å². The molecule has 2 N–H and O–H groups in total. The molecule has 1 aliphatic heterocycles. The van der Waals surface area contributed by atoms with Crippen LogP contribution in [-0.4, -0.2) is 47.2 Å². The number of nitrogens with two attached hydrogens (primary N) is 1. The Morgan fingerprint density at radius 2 is 1.78 bits per heavy atom. The molecule has 3 heterocycles. The Bertz CT molecular complexity index is 1430. The van der Waals surface area contributed by atoms with Crippen molar-refractivity contribution in [1.82, 2.24) is 19.9 Å². The lowest BCUT2D eigenvalue weighted by molar-refractivity contribution is 0.0850. The molecule has 0 bridgehead atoms. The minimum Gasteiger partial charge on any atom is -0.382 e. The van der Waals surface area contributed by atoms with Gasteiger partial charge in [0.05, 0.1) is 17.6 Å². The van der Waals surface area contributed by atoms with Crippen molar-refractivity contribution in [2.75, 3.05) is 33.0 Å². The van der Waals surface area contributed by atoms with Crippen molar-refractivity contribution in [3.8, 4) is 22.5 Å². The molecule has 0 aliphatic carbocycles. The van der Waals surface area contributed by atoms with Crippen LogP contribution in [0.1, 0.15) is 35.6 Å². The fourth-order valence-corrected chi connectivity index (χ4v) is 4.88. The van der Waals surface area contributed by atoms with Crippen LogP contribution in [0.3, 0.4) is 0 Å². The fourth-order valence-electron chi connectivity index (χ4n) is 4.88. The molecule has 2 aromatic carbocycles. The van der Waals surface area contributed by atoms with E-state index in [0.29, 0.717) is 22.9 Å². The third-order valence-corrected chi connectivity index (χ3v) is 6.73. The molecule has 0 unspecified atom stereocenters. The Hall–Kier alpha value is -3.49. The van der Waals surface area contributed by atoms with Crippen molar-refractivity contribution in [3.63, 3.8) is 0 Å². The third kappa shape index (κ3) is 4.66. The number of anilines is 1. The van der Waals surface area contributed by atoms with E-state index in [1.165, 1.54) is 23.4 Å². The van der Waals surface area contributed by atoms with Crippen LogP contribution in [-0.2, 0) is 11.3 Å². The van der Waals surface area contributed by atoms with Gasteiger partial charge in [-0.2, -0.15) is 0 Å². The van der Waals surface area contributed by atoms with Crippen LogP contribution in [0.2, 0.25) is 0 Å². The number of rotatable bonds is 5. The van der Waals surface area contributed by atoms with Gasteiger partial charge in [0.1, 0.15) is 17.3 Å². The smallest absolute Gasteiger partial charge is 0.152 e. The van der Waals surface area contributed by atoms with Crippen molar-refractivity contribution >= 4 is 16.6 Å². The number of aromatic nitrogens is 3. The summed E-state index contributed by atoms with van der Waals surface area (Å²) in [6, 6.07) is 9.21. The number of pyridine rings is 1. The molecular weight excluding hydrogens is 460 g/mol. The zero-order valence-electron chi connectivity index (χ0n) is 20.7. The van der Waals surface area contributed by atoms with Crippen LogP contribution in [0.15, 0.2) is 42.7 Å². The van der Waals surface area contributed by atoms with E-state index < -0.39 is 11.6 Å². The lowest BCUT2D eigenvalue weighted by Crippen LogP contribution is -2.18. The Morgan fingerprint density at radius 3 is 2.53 bits per heavy atom. The van der Waals surface area contributed by atoms with Crippen LogP contribution < -0.4 is 5.73 Å². The van der Waals surface area contributed by atoms with Gasteiger partial charge in [-0.25, -0.2) is 18.7 Å². The number of aryl methyl sites for hydroxylation is 1. The maximum atomic E-state index is 14.9. The maximum Gasteiger partial charge on any atom is 0.152 e. The molecule has 0 saturated carbocycles. The van der Waals surface area contributed by atoms with Gasteiger partial charge in [-0.15, -0.1) is 0 Å². The van der Waals surface area contributed by atoms with Gasteiger partial charge in [0.15, 0.2) is 5.82 Å². The van der Waals surface area contributed by atoms with E-state index in [1.54, 1.807) is 19.2 Å². The van der Waals surface area contributed by atoms with Crippen LogP contribution >= 0.6 is 0 Å². The summed E-state index contributed by atoms with van der Waals surface area (Å²) in [7, 11) is 4.10. The largest absolute Gasteiger partial charge is 0.382 e. The van der Waals surface area contributed by atoms with E-state index in [4.69, 9.17) is 15.5 Å². The van der Waals surface area contributed by atoms with Crippen LogP contribution in [0, 0.1) is 18.6 Å². The molecule has 6 nitrogen and oxygen atoms in total. The molecule has 0 atom stereocenters. The molecule has 0 spiro atoms. The van der Waals surface area contributed by atoms with Gasteiger partial charge < -0.3 is 15.4 Å². The summed E-state index contributed by atoms with van der Waals surface area (Å²) in [5, 5.41) is 0.250. The van der Waals surface area contributed by atoms with Crippen molar-refractivity contribution < 1.29 is 13.5 Å². The fraction of sp³-hybridized carbons (Fsp3) is 0.321. The number of hydrogen-bond acceptors (Lipinski definition) is 6. The second kappa shape index (κ2) is 9.87. The molecule has 1 fully saturated rings. The second-order valence-corrected chi connectivity index (χ2v) is 9.60. The lowest BCUT2D eigenvalue weighted by Gasteiger charge is -2.26. The highest BCUT2D eigenvalue weighted by atomic mass is 19.1. The van der Waals surface area contributed by atoms with E-state index in [-0.39, 0.29) is 22.3 Å². The number of halogens is 2. The second-order valence-electron chi connectivity index (χ2n) is 9.60. The van der Waals surface area contributed by atoms with E-state index in [0.717, 1.165) is 38.2 Å². The summed E-state index contributed by atoms with van der Waals surface area (Å²) in [5.41, 5.74) is 11.1. The highest BCUT2D eigenvalue weighted by Crippen LogP contribution is 2.34. The molecule has 36 heavy (non-hydrogen) atoms. The molecule has 2 aromatic heterocycles. The summed E-state index contributed by atoms with van der Waals surface area (Å²) in [6.45, 7) is 3.89. The minimum absolute atomic E-state index is 0.113. The van der Waals surface area contributed by atoms with Crippen LogP contribution in [0.4, 0.5) is 14.6 Å². The van der Waals surface area contributed by atoms with Gasteiger partial charge in [-0.3, -0.25) is 4.98 Å². The van der Waals surface area contributed by atoms with E-state index in [1.807, 2.05) is 20.2 Å². The molecule has 1 saturated heterocycles. The molecule has 8 heteroatoms. The topological polar surface area (TPSA) is 77.2 Å². The molecule has 186 valence electrons. The predicted molar refractivity (Wildman–Crippen MR) is 137 cm³/mol. The molecular formula is C28H29F2N5O. The first kappa shape index (κ1) is 24.2. The summed E-state index contributed by atoms with van der Waals surface area (Å²) in [6.07, 6.45) is 4.97. The summed E-state index contributed by atoms with van der Waals surface area (Å²) in [5.74, 6) is -0.539. The van der Waals surface area contributed by atoms with Crippen molar-refractivity contribution in [2.24, 2.45) is 0 Å². The first-order valence-corrected chi connectivity index (χ1v) is 12.0. The summed E-state index contributed by atoms with van der Waals surface area (Å²) < 4.78 is 35.2. The van der Waals surface area contributed by atoms with Crippen molar-refractivity contribution in [3.05, 3.63) is 71.2 Å². The Morgan fingerprint density at radius 1 is 1.00 bits per heavy atom. The average Bonchev–Trinajstić information content (AvgIpc) is 2.87. The lowest BCUT2D eigenvalue weighted by atomic mass is 9.87. The SMILES string of the molecule is Cc1ncc2c(F)cc(-c3nc(-c4ccc(C5CCOCC5)c(CN(C)C)c4)cnc3N)cc2c1F. The standard InChI is InChI=1S/C28H29F2N5O/c1-16-26(30)22-11-19(12-24(29)23(22)13-32-16)27-28(31)33-14-25(34-27)18-4-5-21(17-6-8-36-9-7-17)20(10-18)15-35(2)3/h4-5,10-14,17H,6-9,15H2,1-3H3,(H2,31,33). The van der Waals surface area contributed by atoms with Crippen molar-refractivity contribution in [1.29, 1.82) is 0 Å². The van der Waals surface area contributed by atoms with E-state index >= 15 is 0 Å². The zero-order chi connectivity index (χ0) is 25.4. The number of benzene rings is 2. The number of nitrogen functional groups attached to an aromatic ring is 1. The minimum atomic E-state index is -0.588. The Balaban J connectivity index is 1.59. The third-order valence-electron chi connectivity index (χ3n) is 6.73. The number of ether oxygens (including phenoxy) is 1. The van der Waals surface area contributed by atoms with Gasteiger partial charge in [-0.05, 0) is 69.1 Å².